The van der Waals surface area contributed by atoms with Crippen LogP contribution in [0, 0.1) is 11.6 Å². The largest absolute Gasteiger partial charge is 0.349 e. The summed E-state index contributed by atoms with van der Waals surface area (Å²) in [6, 6.07) is 2.46. The van der Waals surface area contributed by atoms with E-state index in [1.54, 1.807) is 4.90 Å². The van der Waals surface area contributed by atoms with Gasteiger partial charge in [-0.1, -0.05) is 6.07 Å². The van der Waals surface area contributed by atoms with Crippen molar-refractivity contribution >= 4 is 24.2 Å². The molecule has 0 saturated carbocycles. The molecule has 2 N–H and O–H groups in total. The summed E-state index contributed by atoms with van der Waals surface area (Å²) < 4.78 is 28.0. The van der Waals surface area contributed by atoms with Gasteiger partial charge in [0.25, 0.3) is 0 Å². The molecular weight excluding hydrogens is 340 g/mol. The molecule has 0 radical (unpaired) electrons. The molecule has 1 heterocycles. The Hall–Kier alpha value is -1.73. The standard InChI is InChI=1S/C16H21F2N3O2.ClH/c1-10-9-19-6-7-21(10)15(23)8-14(20-11(2)22)16-12(17)4-3-5-13(16)18;/h3-5,10,14,19H,6-9H2,1-2H3,(H,20,22);1H/t10-,14?;/m0./s1. The molecule has 1 aromatic rings. The van der Waals surface area contributed by atoms with Crippen molar-refractivity contribution in [2.75, 3.05) is 19.6 Å². The van der Waals surface area contributed by atoms with Gasteiger partial charge in [0.05, 0.1) is 12.5 Å². The van der Waals surface area contributed by atoms with Gasteiger partial charge in [-0.3, -0.25) is 9.59 Å². The molecule has 134 valence electrons. The lowest BCUT2D eigenvalue weighted by atomic mass is 10.0. The molecule has 0 bridgehead atoms. The number of hydrogen-bond acceptors (Lipinski definition) is 3. The number of amides is 2. The summed E-state index contributed by atoms with van der Waals surface area (Å²) >= 11 is 0. The van der Waals surface area contributed by atoms with Crippen molar-refractivity contribution in [3.63, 3.8) is 0 Å². The molecule has 0 aromatic heterocycles. The Balaban J connectivity index is 0.00000288. The molecule has 2 rings (SSSR count). The summed E-state index contributed by atoms with van der Waals surface area (Å²) in [5, 5.41) is 5.65. The zero-order chi connectivity index (χ0) is 17.0. The van der Waals surface area contributed by atoms with E-state index in [1.165, 1.54) is 13.0 Å². The summed E-state index contributed by atoms with van der Waals surface area (Å²) in [6.07, 6.45) is -0.179. The van der Waals surface area contributed by atoms with Crippen LogP contribution >= 0.6 is 12.4 Å². The quantitative estimate of drug-likeness (QED) is 0.859. The Labute approximate surface area is 146 Å². The van der Waals surface area contributed by atoms with Crippen LogP contribution in [-0.2, 0) is 9.59 Å². The number of carbonyl (C=O) groups is 2. The Bertz CT molecular complexity index is 580. The van der Waals surface area contributed by atoms with E-state index in [-0.39, 0.29) is 36.3 Å². The average Bonchev–Trinajstić information content (AvgIpc) is 2.46. The molecule has 5 nitrogen and oxygen atoms in total. The third kappa shape index (κ3) is 4.88. The maximum atomic E-state index is 14.0. The number of nitrogens with one attached hydrogen (secondary N) is 2. The lowest BCUT2D eigenvalue weighted by molar-refractivity contribution is -0.134. The fourth-order valence-electron chi connectivity index (χ4n) is 2.82. The van der Waals surface area contributed by atoms with Crippen molar-refractivity contribution in [2.24, 2.45) is 0 Å². The van der Waals surface area contributed by atoms with Crippen molar-refractivity contribution < 1.29 is 18.4 Å². The van der Waals surface area contributed by atoms with E-state index in [2.05, 4.69) is 10.6 Å². The highest BCUT2D eigenvalue weighted by atomic mass is 35.5. The van der Waals surface area contributed by atoms with Gasteiger partial charge in [0, 0.05) is 38.2 Å². The predicted molar refractivity (Wildman–Crippen MR) is 88.8 cm³/mol. The molecule has 1 unspecified atom stereocenters. The smallest absolute Gasteiger partial charge is 0.225 e. The number of nitrogens with zero attached hydrogens (tertiary/aromatic N) is 1. The van der Waals surface area contributed by atoms with Crippen LogP contribution in [0.3, 0.4) is 0 Å². The van der Waals surface area contributed by atoms with Crippen LogP contribution in [0.15, 0.2) is 18.2 Å². The van der Waals surface area contributed by atoms with Crippen molar-refractivity contribution in [2.45, 2.75) is 32.4 Å². The van der Waals surface area contributed by atoms with Crippen LogP contribution in [0.25, 0.3) is 0 Å². The van der Waals surface area contributed by atoms with E-state index in [0.717, 1.165) is 12.1 Å². The molecular formula is C16H22ClF2N3O2. The number of rotatable bonds is 4. The van der Waals surface area contributed by atoms with Gasteiger partial charge in [-0.15, -0.1) is 12.4 Å². The van der Waals surface area contributed by atoms with Gasteiger partial charge >= 0.3 is 0 Å². The minimum Gasteiger partial charge on any atom is -0.349 e. The van der Waals surface area contributed by atoms with Crippen molar-refractivity contribution in [3.05, 3.63) is 35.4 Å². The van der Waals surface area contributed by atoms with Crippen LogP contribution in [0.4, 0.5) is 8.78 Å². The number of carbonyl (C=O) groups excluding carboxylic acids is 2. The molecule has 1 aliphatic heterocycles. The maximum Gasteiger partial charge on any atom is 0.225 e. The molecule has 2 amide bonds. The van der Waals surface area contributed by atoms with Gasteiger partial charge in [0.15, 0.2) is 0 Å². The summed E-state index contributed by atoms with van der Waals surface area (Å²) in [6.45, 7) is 5.04. The van der Waals surface area contributed by atoms with Crippen LogP contribution in [0.5, 0.6) is 0 Å². The van der Waals surface area contributed by atoms with E-state index in [0.29, 0.717) is 19.6 Å². The average molecular weight is 362 g/mol. The second kappa shape index (κ2) is 8.94. The van der Waals surface area contributed by atoms with E-state index in [9.17, 15) is 18.4 Å². The molecule has 0 spiro atoms. The zero-order valence-electron chi connectivity index (χ0n) is 13.6. The monoisotopic (exact) mass is 361 g/mol. The highest BCUT2D eigenvalue weighted by molar-refractivity contribution is 5.85. The van der Waals surface area contributed by atoms with Gasteiger partial charge in [-0.2, -0.15) is 0 Å². The van der Waals surface area contributed by atoms with Crippen LogP contribution in [0.2, 0.25) is 0 Å². The summed E-state index contributed by atoms with van der Waals surface area (Å²) in [5.74, 6) is -2.23. The summed E-state index contributed by atoms with van der Waals surface area (Å²) in [7, 11) is 0. The second-order valence-electron chi connectivity index (χ2n) is 5.73. The number of halogens is 3. The summed E-state index contributed by atoms with van der Waals surface area (Å²) in [5.41, 5.74) is -0.279. The first-order valence-electron chi connectivity index (χ1n) is 7.61. The van der Waals surface area contributed by atoms with E-state index in [4.69, 9.17) is 0 Å². The first-order valence-corrected chi connectivity index (χ1v) is 7.61. The Kier molecular flexibility index (Phi) is 7.57. The SMILES string of the molecule is CC(=O)NC(CC(=O)N1CCNC[C@@H]1C)c1c(F)cccc1F.Cl. The second-order valence-corrected chi connectivity index (χ2v) is 5.73. The fraction of sp³-hybridized carbons (Fsp3) is 0.500. The van der Waals surface area contributed by atoms with Crippen molar-refractivity contribution in [1.29, 1.82) is 0 Å². The topological polar surface area (TPSA) is 61.4 Å². The zero-order valence-corrected chi connectivity index (χ0v) is 14.5. The Morgan fingerprint density at radius 3 is 2.54 bits per heavy atom. The first kappa shape index (κ1) is 20.3. The van der Waals surface area contributed by atoms with E-state index in [1.807, 2.05) is 6.92 Å². The predicted octanol–water partition coefficient (Wildman–Crippen LogP) is 1.77. The van der Waals surface area contributed by atoms with Gasteiger partial charge < -0.3 is 15.5 Å². The fourth-order valence-corrected chi connectivity index (χ4v) is 2.82. The highest BCUT2D eigenvalue weighted by Gasteiger charge is 2.29. The molecule has 1 aliphatic rings. The molecule has 1 fully saturated rings. The van der Waals surface area contributed by atoms with Gasteiger partial charge in [-0.25, -0.2) is 8.78 Å². The summed E-state index contributed by atoms with van der Waals surface area (Å²) in [4.78, 5) is 25.6. The maximum absolute atomic E-state index is 14.0. The number of hydrogen-bond donors (Lipinski definition) is 2. The third-order valence-corrected chi connectivity index (χ3v) is 3.93. The van der Waals surface area contributed by atoms with Crippen LogP contribution in [-0.4, -0.2) is 42.4 Å². The molecule has 1 aromatic carbocycles. The van der Waals surface area contributed by atoms with Crippen LogP contribution in [0.1, 0.15) is 31.9 Å². The number of piperazine rings is 1. The van der Waals surface area contributed by atoms with Crippen molar-refractivity contribution in [3.8, 4) is 0 Å². The third-order valence-electron chi connectivity index (χ3n) is 3.93. The number of benzene rings is 1. The lowest BCUT2D eigenvalue weighted by Gasteiger charge is -2.35. The Morgan fingerprint density at radius 2 is 2.00 bits per heavy atom. The Morgan fingerprint density at radius 1 is 1.38 bits per heavy atom. The van der Waals surface area contributed by atoms with Gasteiger partial charge in [0.2, 0.25) is 11.8 Å². The van der Waals surface area contributed by atoms with Crippen LogP contribution < -0.4 is 10.6 Å². The normalized spacial score (nSPS) is 18.5. The minimum absolute atomic E-state index is 0. The molecule has 8 heteroatoms. The van der Waals surface area contributed by atoms with Gasteiger partial charge in [0.1, 0.15) is 11.6 Å². The van der Waals surface area contributed by atoms with E-state index >= 15 is 0 Å². The first-order chi connectivity index (χ1) is 10.9. The minimum atomic E-state index is -1.02. The van der Waals surface area contributed by atoms with Crippen molar-refractivity contribution in [1.82, 2.24) is 15.5 Å². The van der Waals surface area contributed by atoms with E-state index < -0.39 is 23.6 Å². The van der Waals surface area contributed by atoms with Gasteiger partial charge in [-0.05, 0) is 19.1 Å². The lowest BCUT2D eigenvalue weighted by Crippen LogP contribution is -2.52. The highest BCUT2D eigenvalue weighted by Crippen LogP contribution is 2.24. The molecule has 0 aliphatic carbocycles. The molecule has 1 saturated heterocycles. The molecule has 2 atom stereocenters. The molecule has 24 heavy (non-hydrogen) atoms.